The molecule has 0 aromatic rings. The SMILES string of the molecule is [C-]#[N+][C@]1(CC)/C(=C/F)[C@H](O[Si](C)(C)C(C)(C)C)C[C@@H]1C. The van der Waals surface area contributed by atoms with Crippen molar-refractivity contribution in [2.45, 2.75) is 77.2 Å². The van der Waals surface area contributed by atoms with Crippen molar-refractivity contribution in [2.75, 3.05) is 0 Å². The highest BCUT2D eigenvalue weighted by atomic mass is 28.4. The number of nitrogens with zero attached hydrogens (tertiary/aromatic N) is 1. The molecule has 4 heteroatoms. The quantitative estimate of drug-likeness (QED) is 0.506. The van der Waals surface area contributed by atoms with Crippen molar-refractivity contribution in [2.24, 2.45) is 5.92 Å². The van der Waals surface area contributed by atoms with Crippen LogP contribution in [0, 0.1) is 12.5 Å². The molecule has 0 N–H and O–H groups in total. The minimum absolute atomic E-state index is 0.0905. The molecule has 0 heterocycles. The number of rotatable bonds is 3. The van der Waals surface area contributed by atoms with Gasteiger partial charge in [-0.1, -0.05) is 34.6 Å². The van der Waals surface area contributed by atoms with Crippen molar-refractivity contribution >= 4 is 8.32 Å². The smallest absolute Gasteiger partial charge is 0.260 e. The third kappa shape index (κ3) is 2.71. The molecule has 0 bridgehead atoms. The van der Waals surface area contributed by atoms with E-state index in [0.29, 0.717) is 18.3 Å². The van der Waals surface area contributed by atoms with Crippen molar-refractivity contribution in [1.82, 2.24) is 0 Å². The van der Waals surface area contributed by atoms with Crippen molar-refractivity contribution in [3.05, 3.63) is 23.3 Å². The van der Waals surface area contributed by atoms with Gasteiger partial charge in [0.2, 0.25) is 0 Å². The monoisotopic (exact) mass is 297 g/mol. The molecule has 1 fully saturated rings. The Bertz CT molecular complexity index is 433. The minimum Gasteiger partial charge on any atom is -0.410 e. The lowest BCUT2D eigenvalue weighted by Gasteiger charge is -2.38. The standard InChI is InChI=1S/C16H28FNOSi/c1-9-16(18-6)12(2)10-14(13(16)11-17)19-20(7,8)15(3,4)5/h11-12,14H,9-10H2,1-5,7-8H3/b13-11+/t12-,14+,16-/m0/s1. The first-order chi connectivity index (χ1) is 9.05. The summed E-state index contributed by atoms with van der Waals surface area (Å²) < 4.78 is 19.9. The van der Waals surface area contributed by atoms with E-state index < -0.39 is 13.9 Å². The van der Waals surface area contributed by atoms with Crippen molar-refractivity contribution in [1.29, 1.82) is 0 Å². The van der Waals surface area contributed by atoms with E-state index in [-0.39, 0.29) is 17.1 Å². The van der Waals surface area contributed by atoms with Crippen LogP contribution in [0.5, 0.6) is 0 Å². The summed E-state index contributed by atoms with van der Waals surface area (Å²) in [4.78, 5) is 3.79. The zero-order valence-corrected chi connectivity index (χ0v) is 14.9. The highest BCUT2D eigenvalue weighted by molar-refractivity contribution is 6.74. The third-order valence-electron chi connectivity index (χ3n) is 5.33. The summed E-state index contributed by atoms with van der Waals surface area (Å²) in [5, 5.41) is 0.0905. The predicted molar refractivity (Wildman–Crippen MR) is 84.7 cm³/mol. The first-order valence-electron chi connectivity index (χ1n) is 7.43. The maximum absolute atomic E-state index is 13.5. The lowest BCUT2D eigenvalue weighted by molar-refractivity contribution is 0.211. The molecular formula is C16H28FNOSi. The lowest BCUT2D eigenvalue weighted by Crippen LogP contribution is -2.44. The predicted octanol–water partition coefficient (Wildman–Crippen LogP) is 5.34. The van der Waals surface area contributed by atoms with Crippen LogP contribution in [0.4, 0.5) is 4.39 Å². The second-order valence-electron chi connectivity index (χ2n) is 7.46. The molecule has 0 amide bonds. The Labute approximate surface area is 124 Å². The van der Waals surface area contributed by atoms with Crippen molar-refractivity contribution in [3.63, 3.8) is 0 Å². The maximum Gasteiger partial charge on any atom is 0.260 e. The first kappa shape index (κ1) is 17.4. The van der Waals surface area contributed by atoms with Gasteiger partial charge in [0.15, 0.2) is 8.32 Å². The first-order valence-corrected chi connectivity index (χ1v) is 10.3. The second-order valence-corrected chi connectivity index (χ2v) is 12.2. The van der Waals surface area contributed by atoms with Gasteiger partial charge in [-0.15, -0.1) is 0 Å². The van der Waals surface area contributed by atoms with Crippen LogP contribution >= 0.6 is 0 Å². The zero-order chi connectivity index (χ0) is 15.8. The van der Waals surface area contributed by atoms with Gasteiger partial charge < -0.3 is 9.27 Å². The Morgan fingerprint density at radius 1 is 1.50 bits per heavy atom. The molecule has 0 spiro atoms. The van der Waals surface area contributed by atoms with E-state index in [9.17, 15) is 4.39 Å². The molecular weight excluding hydrogens is 269 g/mol. The average molecular weight is 297 g/mol. The van der Waals surface area contributed by atoms with E-state index in [1.807, 2.05) is 13.8 Å². The van der Waals surface area contributed by atoms with Crippen LogP contribution in [-0.2, 0) is 4.43 Å². The average Bonchev–Trinajstić information content (AvgIpc) is 2.58. The van der Waals surface area contributed by atoms with Crippen LogP contribution in [-0.4, -0.2) is 20.0 Å². The number of hydrogen-bond donors (Lipinski definition) is 0. The number of hydrogen-bond acceptors (Lipinski definition) is 1. The Kier molecular flexibility index (Phi) is 4.88. The van der Waals surface area contributed by atoms with Gasteiger partial charge in [0.1, 0.15) is 0 Å². The van der Waals surface area contributed by atoms with E-state index >= 15 is 0 Å². The van der Waals surface area contributed by atoms with Gasteiger partial charge in [-0.2, -0.15) is 0 Å². The lowest BCUT2D eigenvalue weighted by atomic mass is 9.84. The molecule has 0 aromatic carbocycles. The molecule has 0 radical (unpaired) electrons. The molecule has 1 aliphatic rings. The van der Waals surface area contributed by atoms with E-state index in [1.54, 1.807) is 0 Å². The Morgan fingerprint density at radius 3 is 2.40 bits per heavy atom. The van der Waals surface area contributed by atoms with Gasteiger partial charge in [-0.3, -0.25) is 0 Å². The second kappa shape index (κ2) is 5.61. The van der Waals surface area contributed by atoms with Crippen molar-refractivity contribution in [3.8, 4) is 0 Å². The van der Waals surface area contributed by atoms with Crippen molar-refractivity contribution < 1.29 is 8.82 Å². The summed E-state index contributed by atoms with van der Waals surface area (Å²) in [6, 6.07) is 0. The largest absolute Gasteiger partial charge is 0.410 e. The van der Waals surface area contributed by atoms with Crippen LogP contribution in [0.1, 0.15) is 47.5 Å². The molecule has 0 aromatic heterocycles. The Morgan fingerprint density at radius 2 is 2.05 bits per heavy atom. The van der Waals surface area contributed by atoms with Gasteiger partial charge in [0.05, 0.1) is 18.0 Å². The summed E-state index contributed by atoms with van der Waals surface area (Å²) in [5.41, 5.74) is -0.144. The normalized spacial score (nSPS) is 33.5. The van der Waals surface area contributed by atoms with Gasteiger partial charge in [0, 0.05) is 12.3 Å². The Hall–Kier alpha value is -0.663. The summed E-state index contributed by atoms with van der Waals surface area (Å²) >= 11 is 0. The van der Waals surface area contributed by atoms with Gasteiger partial charge in [-0.25, -0.2) is 11.0 Å². The van der Waals surface area contributed by atoms with Crippen LogP contribution in [0.15, 0.2) is 11.9 Å². The molecule has 0 saturated heterocycles. The Balaban J connectivity index is 3.10. The minimum atomic E-state index is -1.96. The van der Waals surface area contributed by atoms with E-state index in [0.717, 1.165) is 6.42 Å². The van der Waals surface area contributed by atoms with Gasteiger partial charge in [-0.05, 0) is 24.6 Å². The number of halogens is 1. The van der Waals surface area contributed by atoms with Crippen LogP contribution in [0.25, 0.3) is 4.85 Å². The van der Waals surface area contributed by atoms with Crippen LogP contribution in [0.3, 0.4) is 0 Å². The highest BCUT2D eigenvalue weighted by Gasteiger charge is 2.56. The summed E-state index contributed by atoms with van der Waals surface area (Å²) in [5.74, 6) is 0.141. The van der Waals surface area contributed by atoms with E-state index in [1.165, 1.54) is 0 Å². The topological polar surface area (TPSA) is 13.6 Å². The van der Waals surface area contributed by atoms with Crippen LogP contribution in [0.2, 0.25) is 18.1 Å². The molecule has 2 nitrogen and oxygen atoms in total. The molecule has 0 unspecified atom stereocenters. The molecule has 0 aliphatic heterocycles. The summed E-state index contributed by atoms with van der Waals surface area (Å²) in [7, 11) is -1.96. The third-order valence-corrected chi connectivity index (χ3v) is 9.81. The zero-order valence-electron chi connectivity index (χ0n) is 13.9. The van der Waals surface area contributed by atoms with E-state index in [2.05, 4.69) is 38.7 Å². The molecule has 1 aliphatic carbocycles. The fourth-order valence-corrected chi connectivity index (χ4v) is 4.11. The molecule has 1 rings (SSSR count). The highest BCUT2D eigenvalue weighted by Crippen LogP contribution is 2.49. The van der Waals surface area contributed by atoms with E-state index in [4.69, 9.17) is 11.0 Å². The molecule has 20 heavy (non-hydrogen) atoms. The molecule has 114 valence electrons. The summed E-state index contributed by atoms with van der Waals surface area (Å²) in [6.07, 6.45) is 1.80. The van der Waals surface area contributed by atoms with Crippen LogP contribution < -0.4 is 0 Å². The molecule has 3 atom stereocenters. The summed E-state index contributed by atoms with van der Waals surface area (Å²) in [6.45, 7) is 22.4. The maximum atomic E-state index is 13.5. The molecule has 1 saturated carbocycles. The van der Waals surface area contributed by atoms with Gasteiger partial charge >= 0.3 is 0 Å². The fourth-order valence-electron chi connectivity index (χ4n) is 2.82. The van der Waals surface area contributed by atoms with Gasteiger partial charge in [0.25, 0.3) is 5.54 Å². The fraction of sp³-hybridized carbons (Fsp3) is 0.812.